The summed E-state index contributed by atoms with van der Waals surface area (Å²) in [5, 5.41) is 3.84. The molecule has 0 unspecified atom stereocenters. The van der Waals surface area contributed by atoms with E-state index in [0.29, 0.717) is 43.2 Å². The van der Waals surface area contributed by atoms with Crippen molar-refractivity contribution < 1.29 is 22.5 Å². The summed E-state index contributed by atoms with van der Waals surface area (Å²) >= 11 is 0. The molecule has 3 aromatic rings. The Balaban J connectivity index is 1.71. The summed E-state index contributed by atoms with van der Waals surface area (Å²) in [5.74, 6) is 1.25. The average molecular weight is 478 g/mol. The highest BCUT2D eigenvalue weighted by Crippen LogP contribution is 2.23. The van der Waals surface area contributed by atoms with Gasteiger partial charge < -0.3 is 13.8 Å². The zero-order valence-corrected chi connectivity index (χ0v) is 20.6. The topological polar surface area (TPSA) is 120 Å². The van der Waals surface area contributed by atoms with E-state index in [1.54, 1.807) is 18.2 Å². The minimum Gasteiger partial charge on any atom is -0.456 e. The monoisotopic (exact) mass is 477 g/mol. The van der Waals surface area contributed by atoms with Gasteiger partial charge in [-0.1, -0.05) is 32.9 Å². The Morgan fingerprint density at radius 2 is 1.91 bits per heavy atom. The largest absolute Gasteiger partial charge is 0.456 e. The van der Waals surface area contributed by atoms with Crippen molar-refractivity contribution in [2.75, 3.05) is 13.1 Å². The first-order valence-electron chi connectivity index (χ1n) is 11.2. The molecule has 0 saturated carbocycles. The fourth-order valence-corrected chi connectivity index (χ4v) is 5.04. The van der Waals surface area contributed by atoms with E-state index >= 15 is 0 Å². The molecule has 3 rings (SSSR count). The minimum atomic E-state index is -3.58. The summed E-state index contributed by atoms with van der Waals surface area (Å²) in [4.78, 5) is 21.2. The lowest BCUT2D eigenvalue weighted by Crippen LogP contribution is -2.30. The van der Waals surface area contributed by atoms with Gasteiger partial charge in [0, 0.05) is 32.0 Å². The van der Waals surface area contributed by atoms with Gasteiger partial charge in [-0.25, -0.2) is 13.4 Å². The van der Waals surface area contributed by atoms with Gasteiger partial charge in [-0.3, -0.25) is 4.79 Å². The highest BCUT2D eigenvalue weighted by molar-refractivity contribution is 7.89. The van der Waals surface area contributed by atoms with Crippen molar-refractivity contribution in [1.29, 1.82) is 0 Å². The summed E-state index contributed by atoms with van der Waals surface area (Å²) in [5.41, 5.74) is 1.41. The van der Waals surface area contributed by atoms with Crippen molar-refractivity contribution in [2.45, 2.75) is 71.4 Å². The molecular formula is C22H31N5O5S. The van der Waals surface area contributed by atoms with Crippen LogP contribution in [0.15, 0.2) is 27.6 Å². The summed E-state index contributed by atoms with van der Waals surface area (Å²) in [6, 6.07) is 4.97. The third-order valence-electron chi connectivity index (χ3n) is 5.37. The molecule has 0 spiro atoms. The van der Waals surface area contributed by atoms with Crippen LogP contribution in [0.25, 0.3) is 11.0 Å². The molecule has 11 heteroatoms. The smallest absolute Gasteiger partial charge is 0.306 e. The lowest BCUT2D eigenvalue weighted by atomic mass is 10.2. The lowest BCUT2D eigenvalue weighted by Gasteiger charge is -2.18. The predicted molar refractivity (Wildman–Crippen MR) is 122 cm³/mol. The third kappa shape index (κ3) is 5.41. The predicted octanol–water partition coefficient (Wildman–Crippen LogP) is 3.27. The van der Waals surface area contributed by atoms with Gasteiger partial charge in [0.05, 0.1) is 22.3 Å². The highest BCUT2D eigenvalue weighted by atomic mass is 32.2. The first-order chi connectivity index (χ1) is 15.7. The summed E-state index contributed by atoms with van der Waals surface area (Å²) in [6.07, 6.45) is 0.486. The SMILES string of the molecule is CCN(CC)S(=O)(=O)c1ccc2c(c1)nc(CCC(=O)OCc1nc(C(C)C)no1)n2CC. The molecule has 33 heavy (non-hydrogen) atoms. The maximum atomic E-state index is 12.9. The van der Waals surface area contributed by atoms with Gasteiger partial charge in [-0.2, -0.15) is 9.29 Å². The van der Waals surface area contributed by atoms with Crippen LogP contribution >= 0.6 is 0 Å². The van der Waals surface area contributed by atoms with Gasteiger partial charge in [-0.05, 0) is 25.1 Å². The molecule has 0 amide bonds. The van der Waals surface area contributed by atoms with Crippen LogP contribution in [0.1, 0.15) is 64.5 Å². The van der Waals surface area contributed by atoms with Crippen LogP contribution in [0.3, 0.4) is 0 Å². The quantitative estimate of drug-likeness (QED) is 0.386. The second-order valence-electron chi connectivity index (χ2n) is 7.87. The molecule has 1 aromatic carbocycles. The number of sulfonamides is 1. The van der Waals surface area contributed by atoms with Crippen molar-refractivity contribution in [3.63, 3.8) is 0 Å². The Morgan fingerprint density at radius 3 is 2.52 bits per heavy atom. The van der Waals surface area contributed by atoms with E-state index in [-0.39, 0.29) is 29.7 Å². The van der Waals surface area contributed by atoms with Crippen LogP contribution in [0.4, 0.5) is 0 Å². The number of fused-ring (bicyclic) bond motifs is 1. The average Bonchev–Trinajstić information content (AvgIpc) is 3.40. The summed E-state index contributed by atoms with van der Waals surface area (Å²) in [6.45, 7) is 10.9. The molecule has 180 valence electrons. The van der Waals surface area contributed by atoms with E-state index in [2.05, 4.69) is 15.1 Å². The number of imidazole rings is 1. The summed E-state index contributed by atoms with van der Waals surface area (Å²) in [7, 11) is -3.58. The molecule has 2 heterocycles. The first kappa shape index (κ1) is 24.8. The van der Waals surface area contributed by atoms with Gasteiger partial charge in [0.25, 0.3) is 5.89 Å². The number of nitrogens with zero attached hydrogens (tertiary/aromatic N) is 5. The molecule has 0 aliphatic rings. The third-order valence-corrected chi connectivity index (χ3v) is 7.41. The Labute approximate surface area is 194 Å². The molecule has 0 aliphatic heterocycles. The van der Waals surface area contributed by atoms with E-state index in [4.69, 9.17) is 9.26 Å². The van der Waals surface area contributed by atoms with Gasteiger partial charge >= 0.3 is 5.97 Å². The second-order valence-corrected chi connectivity index (χ2v) is 9.81. The van der Waals surface area contributed by atoms with E-state index in [9.17, 15) is 13.2 Å². The molecule has 0 atom stereocenters. The number of ether oxygens (including phenoxy) is 1. The van der Waals surface area contributed by atoms with Crippen LogP contribution in [-0.4, -0.2) is 51.5 Å². The van der Waals surface area contributed by atoms with Crippen molar-refractivity contribution in [3.05, 3.63) is 35.7 Å². The molecular weight excluding hydrogens is 446 g/mol. The van der Waals surface area contributed by atoms with Crippen LogP contribution in [-0.2, 0) is 39.1 Å². The van der Waals surface area contributed by atoms with Crippen molar-refractivity contribution >= 4 is 27.0 Å². The van der Waals surface area contributed by atoms with Crippen LogP contribution in [0, 0.1) is 0 Å². The Bertz CT molecular complexity index is 1210. The van der Waals surface area contributed by atoms with Crippen LogP contribution in [0.2, 0.25) is 0 Å². The van der Waals surface area contributed by atoms with Crippen LogP contribution < -0.4 is 0 Å². The Morgan fingerprint density at radius 1 is 1.18 bits per heavy atom. The fraction of sp³-hybridized carbons (Fsp3) is 0.545. The minimum absolute atomic E-state index is 0.0741. The maximum Gasteiger partial charge on any atom is 0.306 e. The van der Waals surface area contributed by atoms with Crippen molar-refractivity contribution in [1.82, 2.24) is 24.0 Å². The molecule has 10 nitrogen and oxygen atoms in total. The highest BCUT2D eigenvalue weighted by Gasteiger charge is 2.23. The van der Waals surface area contributed by atoms with Gasteiger partial charge in [0.1, 0.15) is 5.82 Å². The van der Waals surface area contributed by atoms with Gasteiger partial charge in [-0.15, -0.1) is 0 Å². The molecule has 0 radical (unpaired) electrons. The number of benzene rings is 1. The Hall–Kier alpha value is -2.79. The summed E-state index contributed by atoms with van der Waals surface area (Å²) < 4.78 is 39.4. The molecule has 0 bridgehead atoms. The normalized spacial score (nSPS) is 12.2. The first-order valence-corrected chi connectivity index (χ1v) is 12.6. The number of hydrogen-bond donors (Lipinski definition) is 0. The van der Waals surface area contributed by atoms with E-state index in [1.807, 2.05) is 39.2 Å². The maximum absolute atomic E-state index is 12.9. The molecule has 0 fully saturated rings. The van der Waals surface area contributed by atoms with Crippen molar-refractivity contribution in [3.8, 4) is 0 Å². The number of carbonyl (C=O) groups excluding carboxylic acids is 1. The lowest BCUT2D eigenvalue weighted by molar-refractivity contribution is -0.145. The number of hydrogen-bond acceptors (Lipinski definition) is 8. The number of esters is 1. The molecule has 0 N–H and O–H groups in total. The molecule has 0 aliphatic carbocycles. The zero-order chi connectivity index (χ0) is 24.2. The Kier molecular flexibility index (Phi) is 7.85. The number of aromatic nitrogens is 4. The number of aryl methyl sites for hydroxylation is 2. The van der Waals surface area contributed by atoms with Crippen molar-refractivity contribution in [2.24, 2.45) is 0 Å². The van der Waals surface area contributed by atoms with Gasteiger partial charge in [0.2, 0.25) is 10.0 Å². The van der Waals surface area contributed by atoms with Gasteiger partial charge in [0.15, 0.2) is 12.4 Å². The van der Waals surface area contributed by atoms with Crippen LogP contribution in [0.5, 0.6) is 0 Å². The van der Waals surface area contributed by atoms with E-state index < -0.39 is 16.0 Å². The van der Waals surface area contributed by atoms with E-state index in [0.717, 1.165) is 5.52 Å². The zero-order valence-electron chi connectivity index (χ0n) is 19.7. The number of rotatable bonds is 11. The molecule has 0 saturated heterocycles. The second kappa shape index (κ2) is 10.4. The number of carbonyl (C=O) groups is 1. The standard InChI is InChI=1S/C22H31N5O5S/c1-6-26(7-2)33(29,30)16-9-10-18-17(13-16)23-19(27(18)8-3)11-12-21(28)31-14-20-24-22(15(4)5)25-32-20/h9-10,13,15H,6-8,11-12,14H2,1-5H3. The molecule has 2 aromatic heterocycles. The van der Waals surface area contributed by atoms with E-state index in [1.165, 1.54) is 4.31 Å². The fourth-order valence-electron chi connectivity index (χ4n) is 3.57.